The van der Waals surface area contributed by atoms with Crippen molar-refractivity contribution in [2.24, 2.45) is 0 Å². The van der Waals surface area contributed by atoms with Crippen LogP contribution in [0.4, 0.5) is 4.79 Å². The lowest BCUT2D eigenvalue weighted by Crippen LogP contribution is -2.40. The summed E-state index contributed by atoms with van der Waals surface area (Å²) in [6.45, 7) is 0.586. The van der Waals surface area contributed by atoms with Crippen LogP contribution in [0.25, 0.3) is 0 Å². The van der Waals surface area contributed by atoms with Crippen molar-refractivity contribution in [2.45, 2.75) is 49.5 Å². The molecule has 0 aliphatic heterocycles. The molecule has 1 fully saturated rings. The van der Waals surface area contributed by atoms with Gasteiger partial charge in [-0.05, 0) is 61.0 Å². The van der Waals surface area contributed by atoms with E-state index in [1.807, 2.05) is 42.5 Å². The van der Waals surface area contributed by atoms with Gasteiger partial charge < -0.3 is 10.6 Å². The number of amides is 3. The maximum atomic E-state index is 12.0. The van der Waals surface area contributed by atoms with Crippen LogP contribution in [0.15, 0.2) is 59.5 Å². The van der Waals surface area contributed by atoms with Crippen LogP contribution in [-0.4, -0.2) is 24.5 Å². The molecule has 0 saturated heterocycles. The van der Waals surface area contributed by atoms with Crippen molar-refractivity contribution in [3.8, 4) is 0 Å². The lowest BCUT2D eigenvalue weighted by molar-refractivity contribution is 0.0954. The molecule has 1 aliphatic carbocycles. The van der Waals surface area contributed by atoms with Gasteiger partial charge in [-0.3, -0.25) is 9.52 Å². The Hall–Kier alpha value is -2.47. The maximum absolute atomic E-state index is 12.0. The second-order valence-electron chi connectivity index (χ2n) is 7.03. The molecular formula is C22H27N3O2S. The fourth-order valence-electron chi connectivity index (χ4n) is 3.30. The van der Waals surface area contributed by atoms with Crippen molar-refractivity contribution >= 4 is 23.9 Å². The Morgan fingerprint density at radius 1 is 0.929 bits per heavy atom. The van der Waals surface area contributed by atoms with Crippen LogP contribution in [0.5, 0.6) is 0 Å². The molecule has 3 rings (SSSR count). The number of hydrogen-bond acceptors (Lipinski definition) is 3. The number of benzene rings is 2. The van der Waals surface area contributed by atoms with E-state index < -0.39 is 0 Å². The van der Waals surface area contributed by atoms with E-state index in [2.05, 4.69) is 15.4 Å². The lowest BCUT2D eigenvalue weighted by atomic mass is 9.96. The minimum absolute atomic E-state index is 0.0547. The molecule has 0 heterocycles. The molecule has 28 heavy (non-hydrogen) atoms. The molecule has 5 nitrogen and oxygen atoms in total. The van der Waals surface area contributed by atoms with E-state index in [9.17, 15) is 9.59 Å². The molecule has 0 bridgehead atoms. The summed E-state index contributed by atoms with van der Waals surface area (Å²) in [7, 11) is 0. The van der Waals surface area contributed by atoms with Crippen molar-refractivity contribution in [3.05, 3.63) is 65.7 Å². The minimum atomic E-state index is -0.121. The molecule has 3 amide bonds. The number of carbonyl (C=O) groups is 2. The first-order chi connectivity index (χ1) is 13.7. The van der Waals surface area contributed by atoms with Gasteiger partial charge in [0.15, 0.2) is 0 Å². The Morgan fingerprint density at radius 2 is 1.64 bits per heavy atom. The molecule has 3 N–H and O–H groups in total. The Labute approximate surface area is 170 Å². The monoisotopic (exact) mass is 397 g/mol. The normalized spacial score (nSPS) is 14.3. The molecule has 2 aromatic carbocycles. The van der Waals surface area contributed by atoms with Gasteiger partial charge in [0.25, 0.3) is 5.91 Å². The van der Waals surface area contributed by atoms with E-state index in [-0.39, 0.29) is 11.9 Å². The molecule has 0 atom stereocenters. The largest absolute Gasteiger partial charge is 0.352 e. The van der Waals surface area contributed by atoms with Crippen LogP contribution in [0.1, 0.15) is 48.0 Å². The van der Waals surface area contributed by atoms with E-state index in [0.717, 1.165) is 29.7 Å². The van der Waals surface area contributed by atoms with Crippen LogP contribution in [0.2, 0.25) is 0 Å². The van der Waals surface area contributed by atoms with Gasteiger partial charge in [-0.15, -0.1) is 0 Å². The zero-order chi connectivity index (χ0) is 19.6. The SMILES string of the molecule is O=C(NSc1ccc(CCNC(=O)c2ccccc2)cc1)NC1CCCCC1. The summed E-state index contributed by atoms with van der Waals surface area (Å²) in [5, 5.41) is 5.97. The van der Waals surface area contributed by atoms with E-state index >= 15 is 0 Å². The fourth-order valence-corrected chi connectivity index (χ4v) is 3.84. The fraction of sp³-hybridized carbons (Fsp3) is 0.364. The second kappa shape index (κ2) is 10.8. The van der Waals surface area contributed by atoms with Gasteiger partial charge in [0.2, 0.25) is 0 Å². The zero-order valence-corrected chi connectivity index (χ0v) is 16.8. The summed E-state index contributed by atoms with van der Waals surface area (Å²) in [5.74, 6) is -0.0547. The summed E-state index contributed by atoms with van der Waals surface area (Å²) < 4.78 is 2.85. The molecule has 2 aromatic rings. The number of hydrogen-bond donors (Lipinski definition) is 3. The van der Waals surface area contributed by atoms with E-state index in [4.69, 9.17) is 0 Å². The number of nitrogens with one attached hydrogen (secondary N) is 3. The molecule has 0 spiro atoms. The highest BCUT2D eigenvalue weighted by molar-refractivity contribution is 7.98. The summed E-state index contributed by atoms with van der Waals surface area (Å²) in [6.07, 6.45) is 6.59. The highest BCUT2D eigenvalue weighted by atomic mass is 32.2. The van der Waals surface area contributed by atoms with Gasteiger partial charge in [0.05, 0.1) is 0 Å². The first-order valence-corrected chi connectivity index (χ1v) is 10.7. The summed E-state index contributed by atoms with van der Waals surface area (Å²) in [5.41, 5.74) is 1.82. The maximum Gasteiger partial charge on any atom is 0.325 e. The van der Waals surface area contributed by atoms with Crippen molar-refractivity contribution in [1.82, 2.24) is 15.4 Å². The van der Waals surface area contributed by atoms with Crippen LogP contribution in [0, 0.1) is 0 Å². The molecule has 6 heteroatoms. The topological polar surface area (TPSA) is 70.2 Å². The van der Waals surface area contributed by atoms with Crippen molar-refractivity contribution in [1.29, 1.82) is 0 Å². The smallest absolute Gasteiger partial charge is 0.325 e. The number of rotatable bonds is 7. The predicted molar refractivity (Wildman–Crippen MR) is 113 cm³/mol. The molecule has 0 aromatic heterocycles. The molecule has 0 radical (unpaired) electrons. The second-order valence-corrected chi connectivity index (χ2v) is 7.91. The number of urea groups is 1. The Bertz CT molecular complexity index is 759. The zero-order valence-electron chi connectivity index (χ0n) is 15.9. The van der Waals surface area contributed by atoms with Crippen LogP contribution >= 0.6 is 11.9 Å². The Balaban J connectivity index is 1.36. The van der Waals surface area contributed by atoms with Gasteiger partial charge in [0, 0.05) is 23.0 Å². The van der Waals surface area contributed by atoms with Crippen molar-refractivity contribution in [3.63, 3.8) is 0 Å². The van der Waals surface area contributed by atoms with Gasteiger partial charge in [-0.2, -0.15) is 0 Å². The Morgan fingerprint density at radius 3 is 2.36 bits per heavy atom. The van der Waals surface area contributed by atoms with E-state index in [0.29, 0.717) is 18.2 Å². The van der Waals surface area contributed by atoms with Crippen LogP contribution in [-0.2, 0) is 6.42 Å². The third-order valence-corrected chi connectivity index (χ3v) is 5.66. The minimum Gasteiger partial charge on any atom is -0.352 e. The molecule has 0 unspecified atom stereocenters. The third kappa shape index (κ3) is 6.60. The average Bonchev–Trinajstić information content (AvgIpc) is 2.74. The third-order valence-electron chi connectivity index (χ3n) is 4.86. The predicted octanol–water partition coefficient (Wildman–Crippen LogP) is 4.30. The first kappa shape index (κ1) is 20.3. The average molecular weight is 398 g/mol. The van der Waals surface area contributed by atoms with E-state index in [1.54, 1.807) is 12.1 Å². The van der Waals surface area contributed by atoms with Crippen LogP contribution < -0.4 is 15.4 Å². The van der Waals surface area contributed by atoms with Crippen LogP contribution in [0.3, 0.4) is 0 Å². The molecule has 148 valence electrons. The Kier molecular flexibility index (Phi) is 7.79. The highest BCUT2D eigenvalue weighted by Crippen LogP contribution is 2.18. The standard InChI is InChI=1S/C22H27N3O2S/c26-21(18-7-3-1-4-8-18)23-16-15-17-11-13-20(14-12-17)28-25-22(27)24-19-9-5-2-6-10-19/h1,3-4,7-8,11-14,19H,2,5-6,9-10,15-16H2,(H,23,26)(H2,24,25,27). The summed E-state index contributed by atoms with van der Waals surface area (Å²) >= 11 is 1.32. The number of carbonyl (C=O) groups excluding carboxylic acids is 2. The lowest BCUT2D eigenvalue weighted by Gasteiger charge is -2.22. The quantitative estimate of drug-likeness (QED) is 0.610. The summed E-state index contributed by atoms with van der Waals surface area (Å²) in [4.78, 5) is 25.0. The van der Waals surface area contributed by atoms with Gasteiger partial charge >= 0.3 is 6.03 Å². The van der Waals surface area contributed by atoms with Crippen molar-refractivity contribution < 1.29 is 9.59 Å². The molecular weight excluding hydrogens is 370 g/mol. The van der Waals surface area contributed by atoms with Crippen molar-refractivity contribution in [2.75, 3.05) is 6.54 Å². The van der Waals surface area contributed by atoms with Gasteiger partial charge in [0.1, 0.15) is 0 Å². The van der Waals surface area contributed by atoms with E-state index in [1.165, 1.54) is 31.2 Å². The molecule has 1 saturated carbocycles. The summed E-state index contributed by atoms with van der Waals surface area (Å²) in [6, 6.07) is 17.4. The first-order valence-electron chi connectivity index (χ1n) is 9.86. The highest BCUT2D eigenvalue weighted by Gasteiger charge is 2.15. The van der Waals surface area contributed by atoms with Gasteiger partial charge in [-0.1, -0.05) is 49.6 Å². The van der Waals surface area contributed by atoms with Gasteiger partial charge in [-0.25, -0.2) is 4.79 Å². The molecule has 1 aliphatic rings.